The van der Waals surface area contributed by atoms with Gasteiger partial charge in [-0.2, -0.15) is 5.26 Å². The van der Waals surface area contributed by atoms with Crippen LogP contribution in [-0.4, -0.2) is 6.26 Å². The highest BCUT2D eigenvalue weighted by Crippen LogP contribution is 2.19. The third-order valence-electron chi connectivity index (χ3n) is 0.619. The predicted molar refractivity (Wildman–Crippen MR) is 40.8 cm³/mol. The molecule has 1 nitrogen and oxygen atoms in total. The second-order valence-corrected chi connectivity index (χ2v) is 3.18. The molecular formula is C5H6BrNS. The van der Waals surface area contributed by atoms with E-state index in [2.05, 4.69) is 15.9 Å². The lowest BCUT2D eigenvalue weighted by Crippen LogP contribution is -1.68. The van der Waals surface area contributed by atoms with E-state index in [0.29, 0.717) is 0 Å². The summed E-state index contributed by atoms with van der Waals surface area (Å²) in [6.45, 7) is 1.86. The fraction of sp³-hybridized carbons (Fsp3) is 0.400. The maximum absolute atomic E-state index is 8.34. The molecule has 0 saturated heterocycles. The molecule has 0 unspecified atom stereocenters. The first-order valence-electron chi connectivity index (χ1n) is 2.02. The number of halogens is 1. The van der Waals surface area contributed by atoms with Crippen LogP contribution >= 0.6 is 27.7 Å². The Morgan fingerprint density at radius 2 is 2.25 bits per heavy atom. The largest absolute Gasteiger partial charge is 0.192 e. The summed E-state index contributed by atoms with van der Waals surface area (Å²) in [5.41, 5.74) is 0. The minimum Gasteiger partial charge on any atom is -0.192 e. The Labute approximate surface area is 61.9 Å². The first-order chi connectivity index (χ1) is 3.72. The van der Waals surface area contributed by atoms with Crippen LogP contribution in [0.4, 0.5) is 0 Å². The second-order valence-electron chi connectivity index (χ2n) is 1.18. The Balaban J connectivity index is 4.15. The van der Waals surface area contributed by atoms with Gasteiger partial charge >= 0.3 is 0 Å². The average Bonchev–Trinajstić information content (AvgIpc) is 1.69. The highest BCUT2D eigenvalue weighted by molar-refractivity contribution is 9.11. The van der Waals surface area contributed by atoms with Gasteiger partial charge in [0.25, 0.3) is 0 Å². The smallest absolute Gasteiger partial charge is 0.107 e. The lowest BCUT2D eigenvalue weighted by atomic mass is 10.6. The molecule has 8 heavy (non-hydrogen) atoms. The van der Waals surface area contributed by atoms with Crippen molar-refractivity contribution in [2.24, 2.45) is 0 Å². The van der Waals surface area contributed by atoms with Gasteiger partial charge in [0.05, 0.1) is 4.91 Å². The summed E-state index contributed by atoms with van der Waals surface area (Å²) in [7, 11) is 0. The van der Waals surface area contributed by atoms with Crippen LogP contribution in [0.1, 0.15) is 6.92 Å². The van der Waals surface area contributed by atoms with Crippen LogP contribution in [0.25, 0.3) is 0 Å². The van der Waals surface area contributed by atoms with E-state index >= 15 is 0 Å². The zero-order valence-electron chi connectivity index (χ0n) is 4.73. The first kappa shape index (κ1) is 8.06. The molecule has 0 bridgehead atoms. The molecule has 0 fully saturated rings. The first-order valence-corrected chi connectivity index (χ1v) is 4.04. The van der Waals surface area contributed by atoms with Crippen molar-refractivity contribution < 1.29 is 0 Å². The molecule has 44 valence electrons. The normalized spacial score (nSPS) is 12.2. The van der Waals surface area contributed by atoms with Crippen molar-refractivity contribution >= 4 is 27.7 Å². The van der Waals surface area contributed by atoms with E-state index in [9.17, 15) is 0 Å². The van der Waals surface area contributed by atoms with Crippen LogP contribution in [0.3, 0.4) is 0 Å². The van der Waals surface area contributed by atoms with E-state index in [4.69, 9.17) is 5.26 Å². The zero-order valence-corrected chi connectivity index (χ0v) is 7.14. The monoisotopic (exact) mass is 191 g/mol. The van der Waals surface area contributed by atoms with Gasteiger partial charge in [-0.1, -0.05) is 15.9 Å². The molecule has 0 N–H and O–H groups in total. The summed E-state index contributed by atoms with van der Waals surface area (Å²) < 4.78 is 0.910. The number of rotatable bonds is 1. The Morgan fingerprint density at radius 1 is 1.75 bits per heavy atom. The summed E-state index contributed by atoms with van der Waals surface area (Å²) in [4.78, 5) is 0.741. The van der Waals surface area contributed by atoms with Crippen LogP contribution in [0.15, 0.2) is 9.39 Å². The van der Waals surface area contributed by atoms with Gasteiger partial charge in [-0.15, -0.1) is 11.8 Å². The third kappa shape index (κ3) is 2.39. The van der Waals surface area contributed by atoms with Gasteiger partial charge in [-0.3, -0.25) is 0 Å². The molecule has 0 aromatic carbocycles. The lowest BCUT2D eigenvalue weighted by Gasteiger charge is -1.88. The van der Waals surface area contributed by atoms with Crippen LogP contribution < -0.4 is 0 Å². The quantitative estimate of drug-likeness (QED) is 0.596. The summed E-state index contributed by atoms with van der Waals surface area (Å²) in [6.07, 6.45) is 1.88. The molecule has 0 aromatic rings. The number of allylic oxidation sites excluding steroid dienone is 2. The molecule has 0 spiro atoms. The van der Waals surface area contributed by atoms with E-state index in [0.717, 1.165) is 9.39 Å². The van der Waals surface area contributed by atoms with E-state index in [1.54, 1.807) is 0 Å². The maximum atomic E-state index is 8.34. The number of nitriles is 1. The highest BCUT2D eigenvalue weighted by Gasteiger charge is 1.92. The molecule has 0 aromatic heterocycles. The average molecular weight is 192 g/mol. The second kappa shape index (κ2) is 3.99. The van der Waals surface area contributed by atoms with E-state index in [1.807, 2.05) is 19.2 Å². The molecule has 0 heterocycles. The zero-order chi connectivity index (χ0) is 6.57. The SMILES string of the molecule is CS/C(C#N)=C(/C)Br. The van der Waals surface area contributed by atoms with E-state index in [1.165, 1.54) is 11.8 Å². The van der Waals surface area contributed by atoms with Gasteiger partial charge in [-0.05, 0) is 13.2 Å². The molecule has 0 atom stereocenters. The number of hydrogen-bond acceptors (Lipinski definition) is 2. The van der Waals surface area contributed by atoms with Crippen molar-refractivity contribution in [2.75, 3.05) is 6.26 Å². The third-order valence-corrected chi connectivity index (χ3v) is 2.08. The fourth-order valence-corrected chi connectivity index (χ4v) is 1.21. The lowest BCUT2D eigenvalue weighted by molar-refractivity contribution is 1.51. The molecule has 3 heteroatoms. The molecular weight excluding hydrogens is 186 g/mol. The van der Waals surface area contributed by atoms with Crippen molar-refractivity contribution in [3.05, 3.63) is 9.39 Å². The standard InChI is InChI=1S/C5H6BrNS/c1-4(6)5(3-7)8-2/h1-2H3/b5-4-. The van der Waals surface area contributed by atoms with Gasteiger partial charge in [0.1, 0.15) is 6.07 Å². The van der Waals surface area contributed by atoms with Crippen molar-refractivity contribution in [3.8, 4) is 6.07 Å². The Hall–Kier alpha value is 0.0600. The van der Waals surface area contributed by atoms with Gasteiger partial charge in [0.2, 0.25) is 0 Å². The topological polar surface area (TPSA) is 23.8 Å². The van der Waals surface area contributed by atoms with Crippen LogP contribution in [0.2, 0.25) is 0 Å². The number of thioether (sulfide) groups is 1. The van der Waals surface area contributed by atoms with Gasteiger partial charge in [0, 0.05) is 4.48 Å². The molecule has 0 aliphatic heterocycles. The number of nitrogens with zero attached hydrogens (tertiary/aromatic N) is 1. The molecule has 0 aliphatic carbocycles. The van der Waals surface area contributed by atoms with Crippen LogP contribution in [0, 0.1) is 11.3 Å². The number of hydrogen-bond donors (Lipinski definition) is 0. The Bertz CT molecular complexity index is 141. The molecule has 0 radical (unpaired) electrons. The van der Waals surface area contributed by atoms with Crippen LogP contribution in [-0.2, 0) is 0 Å². The molecule has 0 saturated carbocycles. The van der Waals surface area contributed by atoms with Gasteiger partial charge in [0.15, 0.2) is 0 Å². The summed E-state index contributed by atoms with van der Waals surface area (Å²) in [6, 6.07) is 2.05. The minimum atomic E-state index is 0.741. The summed E-state index contributed by atoms with van der Waals surface area (Å²) in [5, 5.41) is 8.34. The molecule has 0 aliphatic rings. The maximum Gasteiger partial charge on any atom is 0.107 e. The summed E-state index contributed by atoms with van der Waals surface area (Å²) in [5.74, 6) is 0. The summed E-state index contributed by atoms with van der Waals surface area (Å²) >= 11 is 4.65. The highest BCUT2D eigenvalue weighted by atomic mass is 79.9. The van der Waals surface area contributed by atoms with Crippen molar-refractivity contribution in [2.45, 2.75) is 6.92 Å². The van der Waals surface area contributed by atoms with E-state index < -0.39 is 0 Å². The van der Waals surface area contributed by atoms with Crippen LogP contribution in [0.5, 0.6) is 0 Å². The Kier molecular flexibility index (Phi) is 4.02. The fourth-order valence-electron chi connectivity index (χ4n) is 0.263. The predicted octanol–water partition coefficient (Wildman–Crippen LogP) is 2.50. The Morgan fingerprint density at radius 3 is 2.25 bits per heavy atom. The van der Waals surface area contributed by atoms with E-state index in [-0.39, 0.29) is 0 Å². The molecule has 0 amide bonds. The molecule has 0 rings (SSSR count). The van der Waals surface area contributed by atoms with Crippen molar-refractivity contribution in [1.82, 2.24) is 0 Å². The van der Waals surface area contributed by atoms with Gasteiger partial charge in [-0.25, -0.2) is 0 Å². The van der Waals surface area contributed by atoms with Crippen molar-refractivity contribution in [1.29, 1.82) is 5.26 Å². The van der Waals surface area contributed by atoms with Crippen molar-refractivity contribution in [3.63, 3.8) is 0 Å². The van der Waals surface area contributed by atoms with Gasteiger partial charge < -0.3 is 0 Å². The minimum absolute atomic E-state index is 0.741.